The van der Waals surface area contributed by atoms with Crippen molar-refractivity contribution in [1.29, 1.82) is 0 Å². The minimum atomic E-state index is 1.11. The average Bonchev–Trinajstić information content (AvgIpc) is 2.17. The van der Waals surface area contributed by atoms with Gasteiger partial charge in [0.15, 0.2) is 0 Å². The molecule has 0 radical (unpaired) electrons. The van der Waals surface area contributed by atoms with Gasteiger partial charge in [-0.25, -0.2) is 5.84 Å². The predicted octanol–water partition coefficient (Wildman–Crippen LogP) is 3.04. The zero-order valence-electron chi connectivity index (χ0n) is 10.1. The van der Waals surface area contributed by atoms with Gasteiger partial charge in [0.1, 0.15) is 0 Å². The van der Waals surface area contributed by atoms with Crippen LogP contribution < -0.4 is 10.9 Å². The molecule has 0 fully saturated rings. The summed E-state index contributed by atoms with van der Waals surface area (Å²) in [5, 5.41) is 1.67. The highest BCUT2D eigenvalue weighted by Gasteiger charge is 2.01. The molecule has 0 spiro atoms. The third-order valence-corrected chi connectivity index (χ3v) is 2.71. The Balaban J connectivity index is 2.65. The van der Waals surface area contributed by atoms with E-state index in [0.717, 1.165) is 5.69 Å². The highest BCUT2D eigenvalue weighted by atomic mass is 15.4. The van der Waals surface area contributed by atoms with E-state index in [0.29, 0.717) is 0 Å². The Kier molecular flexibility index (Phi) is 4.63. The van der Waals surface area contributed by atoms with Crippen LogP contribution in [-0.4, -0.2) is 7.05 Å². The molecule has 15 heavy (non-hydrogen) atoms. The topological polar surface area (TPSA) is 29.3 Å². The second-order valence-electron chi connectivity index (χ2n) is 4.19. The van der Waals surface area contributed by atoms with Crippen LogP contribution in [0.25, 0.3) is 0 Å². The fraction of sp³-hybridized carbons (Fsp3) is 0.538. The Morgan fingerprint density at radius 3 is 2.53 bits per heavy atom. The summed E-state index contributed by atoms with van der Waals surface area (Å²) >= 11 is 0. The number of anilines is 1. The zero-order chi connectivity index (χ0) is 11.3. The van der Waals surface area contributed by atoms with Crippen LogP contribution >= 0.6 is 0 Å². The molecule has 0 aliphatic rings. The van der Waals surface area contributed by atoms with Crippen LogP contribution in [0.5, 0.6) is 0 Å². The molecule has 0 bridgehead atoms. The Hall–Kier alpha value is -1.02. The van der Waals surface area contributed by atoms with Crippen LogP contribution in [-0.2, 0) is 6.42 Å². The molecule has 84 valence electrons. The molecule has 0 atom stereocenters. The molecule has 2 nitrogen and oxygen atoms in total. The number of aryl methyl sites for hydroxylation is 2. The molecular weight excluding hydrogens is 184 g/mol. The van der Waals surface area contributed by atoms with E-state index < -0.39 is 0 Å². The molecule has 0 unspecified atom stereocenters. The number of rotatable bonds is 5. The maximum Gasteiger partial charge on any atom is 0.0543 e. The summed E-state index contributed by atoms with van der Waals surface area (Å²) in [5.74, 6) is 5.72. The SMILES string of the molecule is CCCCCc1ccc(N(C)N)c(C)c1. The minimum Gasteiger partial charge on any atom is -0.314 e. The smallest absolute Gasteiger partial charge is 0.0543 e. The van der Waals surface area contributed by atoms with Gasteiger partial charge in [0.05, 0.1) is 5.69 Å². The first-order valence-corrected chi connectivity index (χ1v) is 5.73. The molecule has 1 aromatic carbocycles. The number of nitrogens with zero attached hydrogens (tertiary/aromatic N) is 1. The summed E-state index contributed by atoms with van der Waals surface area (Å²) in [7, 11) is 1.87. The van der Waals surface area contributed by atoms with Crippen LogP contribution in [0.1, 0.15) is 37.3 Å². The normalized spacial score (nSPS) is 10.4. The van der Waals surface area contributed by atoms with Gasteiger partial charge in [0.25, 0.3) is 0 Å². The summed E-state index contributed by atoms with van der Waals surface area (Å²) in [6.45, 7) is 4.35. The van der Waals surface area contributed by atoms with Gasteiger partial charge in [-0.2, -0.15) is 0 Å². The van der Waals surface area contributed by atoms with Crippen LogP contribution in [0, 0.1) is 6.92 Å². The van der Waals surface area contributed by atoms with E-state index >= 15 is 0 Å². The van der Waals surface area contributed by atoms with Gasteiger partial charge in [0, 0.05) is 7.05 Å². The number of unbranched alkanes of at least 4 members (excludes halogenated alkanes) is 2. The lowest BCUT2D eigenvalue weighted by atomic mass is 10.0. The second-order valence-corrected chi connectivity index (χ2v) is 4.19. The molecule has 1 aromatic rings. The molecule has 0 aliphatic carbocycles. The minimum absolute atomic E-state index is 1.11. The lowest BCUT2D eigenvalue weighted by molar-refractivity contribution is 0.717. The Bertz CT molecular complexity index is 305. The van der Waals surface area contributed by atoms with Crippen molar-refractivity contribution < 1.29 is 0 Å². The second kappa shape index (κ2) is 5.76. The maximum atomic E-state index is 5.72. The number of nitrogens with two attached hydrogens (primary N) is 1. The van der Waals surface area contributed by atoms with Crippen molar-refractivity contribution in [2.24, 2.45) is 5.84 Å². The first kappa shape index (κ1) is 12.1. The molecule has 0 aliphatic heterocycles. The lowest BCUT2D eigenvalue weighted by Gasteiger charge is -2.15. The highest BCUT2D eigenvalue weighted by molar-refractivity contribution is 5.52. The largest absolute Gasteiger partial charge is 0.314 e. The summed E-state index contributed by atoms with van der Waals surface area (Å²) in [6.07, 6.45) is 5.07. The van der Waals surface area contributed by atoms with Crippen molar-refractivity contribution in [2.45, 2.75) is 39.5 Å². The fourth-order valence-corrected chi connectivity index (χ4v) is 1.85. The van der Waals surface area contributed by atoms with Crippen molar-refractivity contribution in [3.63, 3.8) is 0 Å². The van der Waals surface area contributed by atoms with E-state index in [2.05, 4.69) is 32.0 Å². The van der Waals surface area contributed by atoms with E-state index in [-0.39, 0.29) is 0 Å². The third kappa shape index (κ3) is 3.56. The Morgan fingerprint density at radius 2 is 2.00 bits per heavy atom. The van der Waals surface area contributed by atoms with Crippen molar-refractivity contribution in [2.75, 3.05) is 12.1 Å². The Labute approximate surface area is 93.1 Å². The van der Waals surface area contributed by atoms with Crippen molar-refractivity contribution >= 4 is 5.69 Å². The summed E-state index contributed by atoms with van der Waals surface area (Å²) in [6, 6.07) is 6.53. The van der Waals surface area contributed by atoms with Crippen molar-refractivity contribution in [3.8, 4) is 0 Å². The van der Waals surface area contributed by atoms with Crippen LogP contribution in [0.4, 0.5) is 5.69 Å². The van der Waals surface area contributed by atoms with Gasteiger partial charge in [-0.1, -0.05) is 31.9 Å². The highest BCUT2D eigenvalue weighted by Crippen LogP contribution is 2.19. The fourth-order valence-electron chi connectivity index (χ4n) is 1.85. The summed E-state index contributed by atoms with van der Waals surface area (Å²) < 4.78 is 0. The number of hydrogen-bond acceptors (Lipinski definition) is 2. The quantitative estimate of drug-likeness (QED) is 0.456. The molecule has 2 N–H and O–H groups in total. The van der Waals surface area contributed by atoms with E-state index in [1.165, 1.54) is 36.8 Å². The number of benzene rings is 1. The van der Waals surface area contributed by atoms with E-state index in [9.17, 15) is 0 Å². The standard InChI is InChI=1S/C13H22N2/c1-4-5-6-7-12-8-9-13(15(3)14)11(2)10-12/h8-10H,4-7,14H2,1-3H3. The lowest BCUT2D eigenvalue weighted by Crippen LogP contribution is -2.25. The Morgan fingerprint density at radius 1 is 1.27 bits per heavy atom. The van der Waals surface area contributed by atoms with Gasteiger partial charge in [-0.15, -0.1) is 0 Å². The molecule has 0 heterocycles. The molecule has 1 rings (SSSR count). The molecule has 0 aromatic heterocycles. The third-order valence-electron chi connectivity index (χ3n) is 2.71. The zero-order valence-corrected chi connectivity index (χ0v) is 10.1. The predicted molar refractivity (Wildman–Crippen MR) is 67.0 cm³/mol. The molecule has 0 saturated heterocycles. The molecule has 0 amide bonds. The summed E-state index contributed by atoms with van der Waals surface area (Å²) in [5.41, 5.74) is 3.79. The maximum absolute atomic E-state index is 5.72. The van der Waals surface area contributed by atoms with Gasteiger partial charge >= 0.3 is 0 Å². The van der Waals surface area contributed by atoms with Gasteiger partial charge < -0.3 is 5.01 Å². The number of hydrazine groups is 1. The monoisotopic (exact) mass is 206 g/mol. The van der Waals surface area contributed by atoms with Crippen LogP contribution in [0.3, 0.4) is 0 Å². The van der Waals surface area contributed by atoms with E-state index in [1.807, 2.05) is 7.05 Å². The van der Waals surface area contributed by atoms with Gasteiger partial charge in [0.2, 0.25) is 0 Å². The molecule has 2 heteroatoms. The first-order valence-electron chi connectivity index (χ1n) is 5.73. The van der Waals surface area contributed by atoms with Crippen LogP contribution in [0.15, 0.2) is 18.2 Å². The summed E-state index contributed by atoms with van der Waals surface area (Å²) in [4.78, 5) is 0. The first-order chi connectivity index (χ1) is 7.15. The van der Waals surface area contributed by atoms with Gasteiger partial charge in [-0.05, 0) is 37.0 Å². The van der Waals surface area contributed by atoms with Crippen molar-refractivity contribution in [1.82, 2.24) is 0 Å². The van der Waals surface area contributed by atoms with E-state index in [4.69, 9.17) is 5.84 Å². The van der Waals surface area contributed by atoms with Crippen molar-refractivity contribution in [3.05, 3.63) is 29.3 Å². The average molecular weight is 206 g/mol. The van der Waals surface area contributed by atoms with Gasteiger partial charge in [-0.3, -0.25) is 0 Å². The molecular formula is C13H22N2. The molecule has 0 saturated carbocycles. The van der Waals surface area contributed by atoms with Crippen LogP contribution in [0.2, 0.25) is 0 Å². The number of hydrogen-bond donors (Lipinski definition) is 1. The van der Waals surface area contributed by atoms with E-state index in [1.54, 1.807) is 5.01 Å².